The lowest BCUT2D eigenvalue weighted by molar-refractivity contribution is -0.141. The minimum atomic E-state index is -1.37. The normalized spacial score (nSPS) is 13.8. The molecule has 0 aliphatic rings. The molecule has 3 N–H and O–H groups in total. The lowest BCUT2D eigenvalue weighted by Crippen LogP contribution is -2.47. The van der Waals surface area contributed by atoms with Crippen molar-refractivity contribution < 1.29 is 19.8 Å². The molecule has 7 heteroatoms. The number of aliphatic carboxylic acids is 1. The highest BCUT2D eigenvalue weighted by atomic mass is 16.4. The van der Waals surface area contributed by atoms with Crippen molar-refractivity contribution in [2.24, 2.45) is 0 Å². The van der Waals surface area contributed by atoms with E-state index in [1.165, 1.54) is 19.3 Å². The second-order valence-corrected chi connectivity index (χ2v) is 3.57. The van der Waals surface area contributed by atoms with Crippen LogP contribution in [0.5, 0.6) is 0 Å². The van der Waals surface area contributed by atoms with Crippen LogP contribution in [-0.2, 0) is 4.79 Å². The fraction of sp³-hybridized carbons (Fsp3) is 0.400. The predicted octanol–water partition coefficient (Wildman–Crippen LogP) is -0.651. The number of aliphatic hydroxyl groups excluding tert-OH is 1. The van der Waals surface area contributed by atoms with Gasteiger partial charge in [0.25, 0.3) is 5.91 Å². The van der Waals surface area contributed by atoms with Gasteiger partial charge >= 0.3 is 5.97 Å². The molecule has 7 nitrogen and oxygen atoms in total. The molecule has 1 rings (SSSR count). The van der Waals surface area contributed by atoms with Crippen LogP contribution in [0.3, 0.4) is 0 Å². The van der Waals surface area contributed by atoms with E-state index < -0.39 is 24.0 Å². The molecule has 2 unspecified atom stereocenters. The molecule has 2 atom stereocenters. The Hall–Kier alpha value is -2.02. The van der Waals surface area contributed by atoms with Gasteiger partial charge in [0.1, 0.15) is 5.69 Å². The topological polar surface area (TPSA) is 112 Å². The van der Waals surface area contributed by atoms with Crippen LogP contribution in [-0.4, -0.2) is 44.2 Å². The maximum atomic E-state index is 11.6. The summed E-state index contributed by atoms with van der Waals surface area (Å²) in [7, 11) is 0. The van der Waals surface area contributed by atoms with Crippen LogP contribution >= 0.6 is 0 Å². The van der Waals surface area contributed by atoms with E-state index in [1.807, 2.05) is 0 Å². The van der Waals surface area contributed by atoms with Crippen molar-refractivity contribution >= 4 is 11.9 Å². The fourth-order valence-electron chi connectivity index (χ4n) is 1.11. The molecule has 0 aliphatic heterocycles. The summed E-state index contributed by atoms with van der Waals surface area (Å²) in [5.74, 6) is -2.00. The quantitative estimate of drug-likeness (QED) is 0.643. The van der Waals surface area contributed by atoms with Crippen LogP contribution < -0.4 is 5.32 Å². The first-order valence-electron chi connectivity index (χ1n) is 4.92. The second kappa shape index (κ2) is 5.35. The first kappa shape index (κ1) is 13.0. The molecular formula is C10H13N3O4. The zero-order valence-electron chi connectivity index (χ0n) is 9.41. The Morgan fingerprint density at radius 3 is 2.41 bits per heavy atom. The summed E-state index contributed by atoms with van der Waals surface area (Å²) >= 11 is 0. The fourth-order valence-corrected chi connectivity index (χ4v) is 1.11. The SMILES string of the molecule is Cc1cnc(C(=O)NC(C(=O)O)C(C)O)cn1. The molecule has 92 valence electrons. The maximum Gasteiger partial charge on any atom is 0.328 e. The number of aliphatic hydroxyl groups is 1. The first-order chi connectivity index (χ1) is 7.91. The van der Waals surface area contributed by atoms with Gasteiger partial charge in [-0.3, -0.25) is 9.78 Å². The number of hydrogen-bond acceptors (Lipinski definition) is 5. The van der Waals surface area contributed by atoms with E-state index in [2.05, 4.69) is 15.3 Å². The summed E-state index contributed by atoms with van der Waals surface area (Å²) in [4.78, 5) is 30.0. The van der Waals surface area contributed by atoms with Gasteiger partial charge in [-0.15, -0.1) is 0 Å². The number of aryl methyl sites for hydroxylation is 1. The summed E-state index contributed by atoms with van der Waals surface area (Å²) in [6, 6.07) is -1.37. The van der Waals surface area contributed by atoms with E-state index in [4.69, 9.17) is 5.11 Å². The molecular weight excluding hydrogens is 226 g/mol. The third-order valence-electron chi connectivity index (χ3n) is 2.05. The molecule has 0 bridgehead atoms. The zero-order chi connectivity index (χ0) is 13.0. The molecule has 0 radical (unpaired) electrons. The van der Waals surface area contributed by atoms with E-state index in [-0.39, 0.29) is 5.69 Å². The van der Waals surface area contributed by atoms with Crippen molar-refractivity contribution in [3.63, 3.8) is 0 Å². The van der Waals surface area contributed by atoms with E-state index in [0.717, 1.165) is 0 Å². The first-order valence-corrected chi connectivity index (χ1v) is 4.92. The number of aromatic nitrogens is 2. The number of carboxylic acid groups (broad SMARTS) is 1. The number of rotatable bonds is 4. The van der Waals surface area contributed by atoms with Gasteiger partial charge in [0, 0.05) is 6.20 Å². The lowest BCUT2D eigenvalue weighted by atomic mass is 10.2. The molecule has 0 fully saturated rings. The van der Waals surface area contributed by atoms with Gasteiger partial charge in [-0.05, 0) is 13.8 Å². The molecule has 1 heterocycles. The summed E-state index contributed by atoms with van der Waals surface area (Å²) in [6.07, 6.45) is 1.44. The van der Waals surface area contributed by atoms with Gasteiger partial charge in [-0.25, -0.2) is 9.78 Å². The van der Waals surface area contributed by atoms with Crippen molar-refractivity contribution in [1.82, 2.24) is 15.3 Å². The number of carboxylic acids is 1. The number of nitrogens with one attached hydrogen (secondary N) is 1. The average Bonchev–Trinajstić information content (AvgIpc) is 2.25. The van der Waals surface area contributed by atoms with E-state index in [1.54, 1.807) is 6.92 Å². The summed E-state index contributed by atoms with van der Waals surface area (Å²) in [6.45, 7) is 2.99. The van der Waals surface area contributed by atoms with Crippen LogP contribution in [0.4, 0.5) is 0 Å². The third kappa shape index (κ3) is 3.49. The second-order valence-electron chi connectivity index (χ2n) is 3.57. The zero-order valence-corrected chi connectivity index (χ0v) is 9.41. The van der Waals surface area contributed by atoms with Crippen molar-refractivity contribution in [1.29, 1.82) is 0 Å². The number of nitrogens with zero attached hydrogens (tertiary/aromatic N) is 2. The maximum absolute atomic E-state index is 11.6. The van der Waals surface area contributed by atoms with Gasteiger partial charge in [-0.1, -0.05) is 0 Å². The molecule has 0 spiro atoms. The average molecular weight is 239 g/mol. The Morgan fingerprint density at radius 2 is 2.00 bits per heavy atom. The minimum Gasteiger partial charge on any atom is -0.480 e. The molecule has 17 heavy (non-hydrogen) atoms. The predicted molar refractivity (Wildman–Crippen MR) is 57.3 cm³/mol. The van der Waals surface area contributed by atoms with Crippen molar-refractivity contribution in [3.8, 4) is 0 Å². The standard InChI is InChI=1S/C10H13N3O4/c1-5-3-12-7(4-11-5)9(15)13-8(6(2)14)10(16)17/h3-4,6,8,14H,1-2H3,(H,13,15)(H,16,17). The summed E-state index contributed by atoms with van der Waals surface area (Å²) < 4.78 is 0. The molecule has 0 aromatic carbocycles. The molecule has 0 aliphatic carbocycles. The Bertz CT molecular complexity index is 416. The number of carbonyl (C=O) groups is 2. The largest absolute Gasteiger partial charge is 0.480 e. The van der Waals surface area contributed by atoms with E-state index in [9.17, 15) is 14.7 Å². The van der Waals surface area contributed by atoms with Gasteiger partial charge < -0.3 is 15.5 Å². The molecule has 1 amide bonds. The Labute approximate surface area is 97.5 Å². The third-order valence-corrected chi connectivity index (χ3v) is 2.05. The van der Waals surface area contributed by atoms with Gasteiger partial charge in [0.2, 0.25) is 0 Å². The van der Waals surface area contributed by atoms with E-state index in [0.29, 0.717) is 5.69 Å². The monoisotopic (exact) mass is 239 g/mol. The summed E-state index contributed by atoms with van der Waals surface area (Å²) in [5.41, 5.74) is 0.648. The van der Waals surface area contributed by atoms with Gasteiger partial charge in [-0.2, -0.15) is 0 Å². The molecule has 0 saturated heterocycles. The molecule has 1 aromatic rings. The van der Waals surface area contributed by atoms with Crippen LogP contribution in [0, 0.1) is 6.92 Å². The van der Waals surface area contributed by atoms with Crippen molar-refractivity contribution in [2.45, 2.75) is 26.0 Å². The van der Waals surface area contributed by atoms with Crippen molar-refractivity contribution in [2.75, 3.05) is 0 Å². The van der Waals surface area contributed by atoms with Crippen LogP contribution in [0.2, 0.25) is 0 Å². The number of amides is 1. The molecule has 0 saturated carbocycles. The highest BCUT2D eigenvalue weighted by Gasteiger charge is 2.25. The van der Waals surface area contributed by atoms with Crippen molar-refractivity contribution in [3.05, 3.63) is 23.8 Å². The Morgan fingerprint density at radius 1 is 1.35 bits per heavy atom. The number of hydrogen-bond donors (Lipinski definition) is 3. The van der Waals surface area contributed by atoms with E-state index >= 15 is 0 Å². The van der Waals surface area contributed by atoms with Gasteiger partial charge in [0.15, 0.2) is 6.04 Å². The highest BCUT2D eigenvalue weighted by Crippen LogP contribution is 1.98. The lowest BCUT2D eigenvalue weighted by Gasteiger charge is -2.16. The van der Waals surface area contributed by atoms with Gasteiger partial charge in [0.05, 0.1) is 18.0 Å². The smallest absolute Gasteiger partial charge is 0.328 e. The molecule has 1 aromatic heterocycles. The number of carbonyl (C=O) groups excluding carboxylic acids is 1. The minimum absolute atomic E-state index is 0.00231. The summed E-state index contributed by atoms with van der Waals surface area (Å²) in [5, 5.41) is 20.1. The van der Waals surface area contributed by atoms with Crippen LogP contribution in [0.1, 0.15) is 23.1 Å². The van der Waals surface area contributed by atoms with Crippen LogP contribution in [0.25, 0.3) is 0 Å². The Kier molecular flexibility index (Phi) is 4.11. The Balaban J connectivity index is 2.77. The highest BCUT2D eigenvalue weighted by molar-refractivity contribution is 5.94. The van der Waals surface area contributed by atoms with Crippen LogP contribution in [0.15, 0.2) is 12.4 Å².